The molecule has 0 unspecified atom stereocenters. The summed E-state index contributed by atoms with van der Waals surface area (Å²) in [5.41, 5.74) is 0. The lowest BCUT2D eigenvalue weighted by Gasteiger charge is -2.23. The van der Waals surface area contributed by atoms with Gasteiger partial charge in [-0.1, -0.05) is 6.92 Å². The average molecular weight is 476 g/mol. The highest BCUT2D eigenvalue weighted by atomic mass is 127. The molecule has 1 aliphatic carbocycles. The summed E-state index contributed by atoms with van der Waals surface area (Å²) < 4.78 is 30.1. The molecule has 9 heteroatoms. The van der Waals surface area contributed by atoms with Crippen LogP contribution in [0.15, 0.2) is 4.99 Å². The highest BCUT2D eigenvalue weighted by Crippen LogP contribution is 2.28. The molecular weight excluding hydrogens is 443 g/mol. The summed E-state index contributed by atoms with van der Waals surface area (Å²) in [7, 11) is 0.619. The van der Waals surface area contributed by atoms with Crippen molar-refractivity contribution in [3.05, 3.63) is 0 Å². The third-order valence-electron chi connectivity index (χ3n) is 3.88. The zero-order chi connectivity index (χ0) is 17.3. The Morgan fingerprint density at radius 1 is 1.33 bits per heavy atom. The Balaban J connectivity index is 0.00000529. The van der Waals surface area contributed by atoms with E-state index in [9.17, 15) is 8.42 Å². The number of ether oxygens (including phenoxy) is 1. The van der Waals surface area contributed by atoms with Crippen molar-refractivity contribution in [2.75, 3.05) is 59.7 Å². The molecule has 0 aliphatic heterocycles. The fourth-order valence-electron chi connectivity index (χ4n) is 2.24. The first kappa shape index (κ1) is 23.9. The molecule has 0 heterocycles. The summed E-state index contributed by atoms with van der Waals surface area (Å²) in [4.78, 5) is 6.27. The van der Waals surface area contributed by atoms with Gasteiger partial charge in [-0.2, -0.15) is 0 Å². The Labute approximate surface area is 164 Å². The Hall–Kier alpha value is -0.130. The van der Waals surface area contributed by atoms with Crippen LogP contribution in [0.2, 0.25) is 0 Å². The Morgan fingerprint density at radius 2 is 2.00 bits per heavy atom. The minimum atomic E-state index is -3.11. The minimum absolute atomic E-state index is 0. The molecule has 1 aliphatic rings. The lowest BCUT2D eigenvalue weighted by Crippen LogP contribution is -2.41. The predicted octanol–water partition coefficient (Wildman–Crippen LogP) is 1.21. The van der Waals surface area contributed by atoms with Gasteiger partial charge in [-0.05, 0) is 25.2 Å². The van der Waals surface area contributed by atoms with Crippen LogP contribution in [0.25, 0.3) is 0 Å². The number of rotatable bonds is 11. The topological polar surface area (TPSA) is 74.2 Å². The second-order valence-electron chi connectivity index (χ2n) is 6.02. The minimum Gasteiger partial charge on any atom is -0.379 e. The molecule has 0 atom stereocenters. The van der Waals surface area contributed by atoms with Gasteiger partial charge in [-0.25, -0.2) is 12.7 Å². The van der Waals surface area contributed by atoms with Gasteiger partial charge in [0.2, 0.25) is 10.0 Å². The molecule has 0 bridgehead atoms. The Morgan fingerprint density at radius 3 is 2.50 bits per heavy atom. The van der Waals surface area contributed by atoms with Crippen LogP contribution in [0.3, 0.4) is 0 Å². The molecular formula is C15H33IN4O3S. The van der Waals surface area contributed by atoms with Gasteiger partial charge in [0, 0.05) is 46.9 Å². The van der Waals surface area contributed by atoms with Crippen molar-refractivity contribution in [2.24, 2.45) is 10.9 Å². The van der Waals surface area contributed by atoms with Crippen molar-refractivity contribution in [3.8, 4) is 0 Å². The normalized spacial score (nSPS) is 15.3. The van der Waals surface area contributed by atoms with Crippen molar-refractivity contribution in [1.29, 1.82) is 0 Å². The van der Waals surface area contributed by atoms with Crippen LogP contribution in [-0.2, 0) is 14.8 Å². The second kappa shape index (κ2) is 12.3. The van der Waals surface area contributed by atoms with E-state index in [4.69, 9.17) is 4.74 Å². The van der Waals surface area contributed by atoms with Crippen LogP contribution in [-0.4, -0.2) is 83.3 Å². The van der Waals surface area contributed by atoms with Crippen LogP contribution in [0.5, 0.6) is 0 Å². The number of sulfonamides is 1. The molecule has 0 saturated heterocycles. The zero-order valence-electron chi connectivity index (χ0n) is 15.3. The molecule has 144 valence electrons. The summed E-state index contributed by atoms with van der Waals surface area (Å²) in [6, 6.07) is 0. The molecule has 0 aromatic rings. The van der Waals surface area contributed by atoms with Gasteiger partial charge in [0.15, 0.2) is 5.96 Å². The summed E-state index contributed by atoms with van der Waals surface area (Å²) in [5, 5.41) is 3.26. The smallest absolute Gasteiger partial charge is 0.211 e. The standard InChI is InChI=1S/C15H32N4O3S.HI/c1-5-19(23(4,20)21)10-6-9-17-15(16-2)18(3)11-12-22-13-14-7-8-14;/h14H,5-13H2,1-4H3,(H,16,17);1H. The van der Waals surface area contributed by atoms with E-state index in [0.29, 0.717) is 26.2 Å². The lowest BCUT2D eigenvalue weighted by molar-refractivity contribution is 0.115. The van der Waals surface area contributed by atoms with Gasteiger partial charge in [0.05, 0.1) is 12.9 Å². The fraction of sp³-hybridized carbons (Fsp3) is 0.933. The van der Waals surface area contributed by atoms with Crippen LogP contribution < -0.4 is 5.32 Å². The molecule has 1 N–H and O–H groups in total. The molecule has 0 radical (unpaired) electrons. The first-order chi connectivity index (χ1) is 10.9. The number of hydrogen-bond acceptors (Lipinski definition) is 4. The molecule has 1 saturated carbocycles. The third-order valence-corrected chi connectivity index (χ3v) is 5.26. The number of hydrogen-bond donors (Lipinski definition) is 1. The monoisotopic (exact) mass is 476 g/mol. The molecule has 0 aromatic heterocycles. The number of nitrogens with one attached hydrogen (secondary N) is 1. The van der Waals surface area contributed by atoms with E-state index in [1.165, 1.54) is 23.4 Å². The van der Waals surface area contributed by atoms with Crippen LogP contribution >= 0.6 is 24.0 Å². The highest BCUT2D eigenvalue weighted by Gasteiger charge is 2.21. The SMILES string of the molecule is CCN(CCCNC(=NC)N(C)CCOCC1CC1)S(C)(=O)=O.I. The van der Waals surface area contributed by atoms with Gasteiger partial charge < -0.3 is 15.0 Å². The molecule has 1 rings (SSSR count). The van der Waals surface area contributed by atoms with E-state index in [2.05, 4.69) is 10.3 Å². The van der Waals surface area contributed by atoms with E-state index < -0.39 is 10.0 Å². The van der Waals surface area contributed by atoms with E-state index >= 15 is 0 Å². The van der Waals surface area contributed by atoms with Crippen molar-refractivity contribution in [1.82, 2.24) is 14.5 Å². The number of guanidine groups is 1. The van der Waals surface area contributed by atoms with E-state index in [1.807, 2.05) is 18.9 Å². The number of aliphatic imine (C=N–C) groups is 1. The third kappa shape index (κ3) is 10.00. The van der Waals surface area contributed by atoms with Gasteiger partial charge in [0.1, 0.15) is 0 Å². The first-order valence-corrected chi connectivity index (χ1v) is 10.2. The lowest BCUT2D eigenvalue weighted by atomic mass is 10.4. The maximum Gasteiger partial charge on any atom is 0.211 e. The van der Waals surface area contributed by atoms with Gasteiger partial charge in [0.25, 0.3) is 0 Å². The largest absolute Gasteiger partial charge is 0.379 e. The molecule has 7 nitrogen and oxygen atoms in total. The summed E-state index contributed by atoms with van der Waals surface area (Å²) >= 11 is 0. The Kier molecular flexibility index (Phi) is 12.2. The van der Waals surface area contributed by atoms with Crippen molar-refractivity contribution in [3.63, 3.8) is 0 Å². The quantitative estimate of drug-likeness (QED) is 0.210. The van der Waals surface area contributed by atoms with E-state index in [1.54, 1.807) is 7.05 Å². The maximum atomic E-state index is 11.5. The average Bonchev–Trinajstić information content (AvgIpc) is 3.30. The number of nitrogens with zero attached hydrogens (tertiary/aromatic N) is 3. The summed E-state index contributed by atoms with van der Waals surface area (Å²) in [6.07, 6.45) is 4.60. The fourth-order valence-corrected chi connectivity index (χ4v) is 3.17. The van der Waals surface area contributed by atoms with Crippen molar-refractivity contribution >= 4 is 40.0 Å². The van der Waals surface area contributed by atoms with Crippen LogP contribution in [0.4, 0.5) is 0 Å². The van der Waals surface area contributed by atoms with Crippen LogP contribution in [0.1, 0.15) is 26.2 Å². The van der Waals surface area contributed by atoms with Gasteiger partial charge >= 0.3 is 0 Å². The number of likely N-dealkylation sites (N-methyl/N-ethyl adjacent to an activating group) is 1. The zero-order valence-corrected chi connectivity index (χ0v) is 18.5. The van der Waals surface area contributed by atoms with E-state index in [0.717, 1.165) is 31.4 Å². The molecule has 0 aromatic carbocycles. The second-order valence-corrected chi connectivity index (χ2v) is 8.00. The Bertz CT molecular complexity index is 469. The van der Waals surface area contributed by atoms with Crippen molar-refractivity contribution in [2.45, 2.75) is 26.2 Å². The number of halogens is 1. The van der Waals surface area contributed by atoms with Crippen molar-refractivity contribution < 1.29 is 13.2 Å². The molecule has 0 spiro atoms. The molecule has 1 fully saturated rings. The van der Waals surface area contributed by atoms with Gasteiger partial charge in [-0.15, -0.1) is 24.0 Å². The van der Waals surface area contributed by atoms with Gasteiger partial charge in [-0.3, -0.25) is 4.99 Å². The maximum absolute atomic E-state index is 11.5. The summed E-state index contributed by atoms with van der Waals surface area (Å²) in [5.74, 6) is 1.59. The molecule has 24 heavy (non-hydrogen) atoms. The van der Waals surface area contributed by atoms with Crippen LogP contribution in [0, 0.1) is 5.92 Å². The van der Waals surface area contributed by atoms with E-state index in [-0.39, 0.29) is 24.0 Å². The summed E-state index contributed by atoms with van der Waals surface area (Å²) in [6.45, 7) is 5.93. The highest BCUT2D eigenvalue weighted by molar-refractivity contribution is 14.0. The molecule has 0 amide bonds. The predicted molar refractivity (Wildman–Crippen MR) is 110 cm³/mol. The first-order valence-electron chi connectivity index (χ1n) is 8.33.